The number of hydrogen-bond acceptors (Lipinski definition) is 4. The molecule has 2 atom stereocenters. The fraction of sp³-hybridized carbons (Fsp3) is 0.333. The van der Waals surface area contributed by atoms with Crippen LogP contribution in [0.3, 0.4) is 0 Å². The number of rotatable bonds is 4. The molecule has 1 saturated heterocycles. The van der Waals surface area contributed by atoms with Gasteiger partial charge < -0.3 is 0 Å². The zero-order chi connectivity index (χ0) is 16.5. The monoisotopic (exact) mass is 322 g/mol. The quantitative estimate of drug-likeness (QED) is 0.690. The van der Waals surface area contributed by atoms with Gasteiger partial charge in [0.05, 0.1) is 11.8 Å². The molecule has 1 aromatic heterocycles. The molecule has 6 nitrogen and oxygen atoms in total. The highest BCUT2D eigenvalue weighted by Gasteiger charge is 2.49. The fourth-order valence-corrected chi connectivity index (χ4v) is 3.40. The van der Waals surface area contributed by atoms with E-state index < -0.39 is 0 Å². The van der Waals surface area contributed by atoms with Crippen LogP contribution in [0.4, 0.5) is 5.95 Å². The van der Waals surface area contributed by atoms with Crippen LogP contribution < -0.4 is 4.90 Å². The lowest BCUT2D eigenvalue weighted by molar-refractivity contribution is -0.122. The number of H-pyrrole nitrogens is 1. The number of carbonyl (C=O) groups excluding carboxylic acids is 2. The van der Waals surface area contributed by atoms with Crippen LogP contribution in [0.2, 0.25) is 0 Å². The number of imide groups is 1. The lowest BCUT2D eigenvalue weighted by Crippen LogP contribution is -2.31. The van der Waals surface area contributed by atoms with Crippen molar-refractivity contribution in [3.63, 3.8) is 0 Å². The highest BCUT2D eigenvalue weighted by atomic mass is 16.2. The largest absolute Gasteiger partial charge is 0.274 e. The average Bonchev–Trinajstić information content (AvgIpc) is 3.18. The molecule has 1 aliphatic carbocycles. The lowest BCUT2D eigenvalue weighted by atomic mass is 9.85. The first-order valence-electron chi connectivity index (χ1n) is 8.22. The lowest BCUT2D eigenvalue weighted by Gasteiger charge is -2.14. The molecule has 0 radical (unpaired) electrons. The van der Waals surface area contributed by atoms with Gasteiger partial charge in [0.15, 0.2) is 0 Å². The van der Waals surface area contributed by atoms with Gasteiger partial charge in [-0.05, 0) is 24.8 Å². The first-order valence-corrected chi connectivity index (χ1v) is 8.22. The van der Waals surface area contributed by atoms with E-state index in [1.165, 1.54) is 5.56 Å². The van der Waals surface area contributed by atoms with Gasteiger partial charge in [0.2, 0.25) is 11.8 Å². The fourth-order valence-electron chi connectivity index (χ4n) is 3.40. The van der Waals surface area contributed by atoms with Gasteiger partial charge in [0.25, 0.3) is 5.95 Å². The minimum atomic E-state index is -0.256. The number of nitrogens with zero attached hydrogens (tertiary/aromatic N) is 3. The maximum Gasteiger partial charge on any atom is 0.258 e. The van der Waals surface area contributed by atoms with E-state index in [1.807, 2.05) is 30.4 Å². The van der Waals surface area contributed by atoms with Gasteiger partial charge in [-0.2, -0.15) is 4.98 Å². The second-order valence-electron chi connectivity index (χ2n) is 6.24. The molecule has 1 aliphatic heterocycles. The van der Waals surface area contributed by atoms with Crippen LogP contribution in [-0.4, -0.2) is 27.0 Å². The van der Waals surface area contributed by atoms with E-state index in [0.29, 0.717) is 25.1 Å². The standard InChI is InChI=1S/C18H18N4O2/c23-16-13-8-4-5-9-14(13)17(24)22(16)18-19-15(20-21-18)11-10-12-6-2-1-3-7-12/h1-7,13-14H,8-11H2,(H,19,20,21)/t13-,14+. The maximum atomic E-state index is 12.5. The van der Waals surface area contributed by atoms with E-state index in [1.54, 1.807) is 0 Å². The van der Waals surface area contributed by atoms with Crippen LogP contribution in [0.1, 0.15) is 24.2 Å². The van der Waals surface area contributed by atoms with E-state index in [-0.39, 0.29) is 29.6 Å². The van der Waals surface area contributed by atoms with Crippen LogP contribution in [0.5, 0.6) is 0 Å². The summed E-state index contributed by atoms with van der Waals surface area (Å²) in [6.07, 6.45) is 6.69. The van der Waals surface area contributed by atoms with Gasteiger partial charge in [-0.3, -0.25) is 14.7 Å². The minimum Gasteiger partial charge on any atom is -0.274 e. The van der Waals surface area contributed by atoms with E-state index >= 15 is 0 Å². The smallest absolute Gasteiger partial charge is 0.258 e. The molecule has 0 bridgehead atoms. The summed E-state index contributed by atoms with van der Waals surface area (Å²) in [6.45, 7) is 0. The van der Waals surface area contributed by atoms with Gasteiger partial charge in [-0.1, -0.05) is 42.5 Å². The van der Waals surface area contributed by atoms with Crippen LogP contribution in [0.15, 0.2) is 42.5 Å². The molecule has 24 heavy (non-hydrogen) atoms. The van der Waals surface area contributed by atoms with Gasteiger partial charge in [0, 0.05) is 6.42 Å². The Bertz CT molecular complexity index is 770. The summed E-state index contributed by atoms with van der Waals surface area (Å²) in [5.41, 5.74) is 1.21. The van der Waals surface area contributed by atoms with Crippen LogP contribution >= 0.6 is 0 Å². The molecule has 2 aromatic rings. The number of aryl methyl sites for hydroxylation is 2. The Balaban J connectivity index is 1.48. The Labute approximate surface area is 139 Å². The predicted molar refractivity (Wildman–Crippen MR) is 88.1 cm³/mol. The molecule has 1 fully saturated rings. The Hall–Kier alpha value is -2.76. The van der Waals surface area contributed by atoms with Crippen molar-refractivity contribution in [3.05, 3.63) is 53.9 Å². The van der Waals surface area contributed by atoms with Crippen molar-refractivity contribution in [1.29, 1.82) is 0 Å². The number of aromatic nitrogens is 3. The summed E-state index contributed by atoms with van der Waals surface area (Å²) in [6, 6.07) is 10.1. The van der Waals surface area contributed by atoms with E-state index in [2.05, 4.69) is 27.3 Å². The molecule has 4 rings (SSSR count). The van der Waals surface area contributed by atoms with Crippen LogP contribution in [0, 0.1) is 11.8 Å². The number of allylic oxidation sites excluding steroid dienone is 2. The van der Waals surface area contributed by atoms with E-state index in [0.717, 1.165) is 11.3 Å². The molecule has 1 N–H and O–H groups in total. The number of aromatic amines is 1. The third kappa shape index (κ3) is 2.54. The van der Waals surface area contributed by atoms with Crippen LogP contribution in [0.25, 0.3) is 0 Å². The van der Waals surface area contributed by atoms with Gasteiger partial charge in [0.1, 0.15) is 5.82 Å². The SMILES string of the molecule is O=C1[C@H]2CC=CC[C@H]2C(=O)N1c1n[nH]c(CCc2ccccc2)n1. The molecular formula is C18H18N4O2. The summed E-state index contributed by atoms with van der Waals surface area (Å²) < 4.78 is 0. The normalized spacial score (nSPS) is 22.9. The van der Waals surface area contributed by atoms with E-state index in [4.69, 9.17) is 0 Å². The molecule has 1 aromatic carbocycles. The molecule has 0 unspecified atom stereocenters. The number of anilines is 1. The Morgan fingerprint density at radius 2 is 1.67 bits per heavy atom. The minimum absolute atomic E-state index is 0.178. The summed E-state index contributed by atoms with van der Waals surface area (Å²) in [7, 11) is 0. The van der Waals surface area contributed by atoms with Gasteiger partial charge in [-0.25, -0.2) is 4.90 Å². The number of benzene rings is 1. The Morgan fingerprint density at radius 3 is 2.33 bits per heavy atom. The second kappa shape index (κ2) is 6.03. The molecule has 0 saturated carbocycles. The molecule has 6 heteroatoms. The van der Waals surface area contributed by atoms with Gasteiger partial charge in [-0.15, -0.1) is 5.10 Å². The highest BCUT2D eigenvalue weighted by Crippen LogP contribution is 2.36. The summed E-state index contributed by atoms with van der Waals surface area (Å²) in [4.78, 5) is 30.6. The van der Waals surface area contributed by atoms with Crippen LogP contribution in [-0.2, 0) is 22.4 Å². The predicted octanol–water partition coefficient (Wildman–Crippen LogP) is 2.05. The van der Waals surface area contributed by atoms with Crippen molar-refractivity contribution < 1.29 is 9.59 Å². The molecule has 2 amide bonds. The summed E-state index contributed by atoms with van der Waals surface area (Å²) in [5.74, 6) is -0.00151. The average molecular weight is 322 g/mol. The maximum absolute atomic E-state index is 12.5. The number of fused-ring (bicyclic) bond motifs is 1. The van der Waals surface area contributed by atoms with Crippen molar-refractivity contribution in [2.24, 2.45) is 11.8 Å². The van der Waals surface area contributed by atoms with Crippen molar-refractivity contribution in [2.45, 2.75) is 25.7 Å². The molecular weight excluding hydrogens is 304 g/mol. The zero-order valence-corrected chi connectivity index (χ0v) is 13.2. The number of carbonyl (C=O) groups is 2. The topological polar surface area (TPSA) is 79.0 Å². The van der Waals surface area contributed by atoms with Crippen molar-refractivity contribution >= 4 is 17.8 Å². The number of hydrogen-bond donors (Lipinski definition) is 1. The van der Waals surface area contributed by atoms with Crippen molar-refractivity contribution in [2.75, 3.05) is 4.90 Å². The first-order chi connectivity index (χ1) is 11.7. The van der Waals surface area contributed by atoms with Crippen molar-refractivity contribution in [3.8, 4) is 0 Å². The Morgan fingerprint density at radius 1 is 1.00 bits per heavy atom. The number of nitrogens with one attached hydrogen (secondary N) is 1. The summed E-state index contributed by atoms with van der Waals surface area (Å²) >= 11 is 0. The molecule has 0 spiro atoms. The van der Waals surface area contributed by atoms with E-state index in [9.17, 15) is 9.59 Å². The zero-order valence-electron chi connectivity index (χ0n) is 13.2. The Kier molecular flexibility index (Phi) is 3.72. The molecule has 2 aliphatic rings. The molecule has 2 heterocycles. The second-order valence-corrected chi connectivity index (χ2v) is 6.24. The number of amides is 2. The third-order valence-electron chi connectivity index (χ3n) is 4.72. The van der Waals surface area contributed by atoms with Gasteiger partial charge >= 0.3 is 0 Å². The first kappa shape index (κ1) is 14.8. The highest BCUT2D eigenvalue weighted by molar-refractivity contribution is 6.21. The summed E-state index contributed by atoms with van der Waals surface area (Å²) in [5, 5.41) is 6.95. The third-order valence-corrected chi connectivity index (χ3v) is 4.72. The van der Waals surface area contributed by atoms with Crippen molar-refractivity contribution in [1.82, 2.24) is 15.2 Å². The molecule has 122 valence electrons.